The summed E-state index contributed by atoms with van der Waals surface area (Å²) < 4.78 is 0. The number of rotatable bonds is 9. The van der Waals surface area contributed by atoms with Gasteiger partial charge in [0.05, 0.1) is 17.1 Å². The van der Waals surface area contributed by atoms with Gasteiger partial charge in [-0.25, -0.2) is 0 Å². The number of aldehydes is 1. The SMILES string of the molecule is CC/C=C(/NC)C1=CPC2NC=CC2=C1N(C)[C@@H]1C2CC3C[C@](O)(C2)CC31.O=CC(=O)NCCN1CCCCC1. The van der Waals surface area contributed by atoms with Crippen LogP contribution < -0.4 is 16.0 Å². The van der Waals surface area contributed by atoms with Crippen molar-refractivity contribution in [1.29, 1.82) is 0 Å². The Morgan fingerprint density at radius 1 is 1.25 bits per heavy atom. The number of likely N-dealkylation sites (N-methyl/N-ethyl adjacent to an activating group) is 2. The van der Waals surface area contributed by atoms with Crippen molar-refractivity contribution in [2.75, 3.05) is 40.3 Å². The Morgan fingerprint density at radius 2 is 2.02 bits per heavy atom. The molecule has 40 heavy (non-hydrogen) atoms. The number of likely N-dealkylation sites (tertiary alicyclic amines) is 1. The van der Waals surface area contributed by atoms with Crippen molar-refractivity contribution < 1.29 is 14.7 Å². The maximum Gasteiger partial charge on any atom is 0.284 e. The van der Waals surface area contributed by atoms with Crippen molar-refractivity contribution >= 4 is 20.8 Å². The van der Waals surface area contributed by atoms with E-state index >= 15 is 0 Å². The molecule has 7 rings (SSSR count). The van der Waals surface area contributed by atoms with Crippen LogP contribution in [0, 0.1) is 17.8 Å². The van der Waals surface area contributed by atoms with Crippen molar-refractivity contribution in [2.45, 2.75) is 75.7 Å². The summed E-state index contributed by atoms with van der Waals surface area (Å²) in [5.41, 5.74) is 5.12. The smallest absolute Gasteiger partial charge is 0.284 e. The Kier molecular flexibility index (Phi) is 9.38. The zero-order valence-electron chi connectivity index (χ0n) is 24.4. The van der Waals surface area contributed by atoms with Crippen molar-refractivity contribution in [2.24, 2.45) is 17.8 Å². The molecule has 0 aromatic heterocycles. The lowest BCUT2D eigenvalue weighted by Crippen LogP contribution is -2.47. The average Bonchev–Trinajstić information content (AvgIpc) is 3.60. The molecule has 220 valence electrons. The number of nitrogens with one attached hydrogen (secondary N) is 3. The van der Waals surface area contributed by atoms with E-state index < -0.39 is 5.91 Å². The number of hydrogen-bond donors (Lipinski definition) is 4. The second-order valence-electron chi connectivity index (χ2n) is 12.4. The maximum absolute atomic E-state index is 10.8. The minimum absolute atomic E-state index is 0.316. The lowest BCUT2D eigenvalue weighted by Gasteiger charge is -2.45. The van der Waals surface area contributed by atoms with Gasteiger partial charge < -0.3 is 30.9 Å². The van der Waals surface area contributed by atoms with Crippen molar-refractivity contribution in [3.8, 4) is 0 Å². The van der Waals surface area contributed by atoms with E-state index in [4.69, 9.17) is 0 Å². The van der Waals surface area contributed by atoms with Gasteiger partial charge in [-0.1, -0.05) is 28.0 Å². The first-order valence-corrected chi connectivity index (χ1v) is 16.4. The summed E-state index contributed by atoms with van der Waals surface area (Å²) in [6, 6.07) is 0.569. The first kappa shape index (κ1) is 29.3. The highest BCUT2D eigenvalue weighted by atomic mass is 31.1. The first-order valence-electron chi connectivity index (χ1n) is 15.3. The number of aliphatic hydroxyl groups is 1. The van der Waals surface area contributed by atoms with Gasteiger partial charge in [0.15, 0.2) is 0 Å². The van der Waals surface area contributed by atoms with Gasteiger partial charge >= 0.3 is 0 Å². The van der Waals surface area contributed by atoms with Crippen LogP contribution in [0.25, 0.3) is 0 Å². The number of hydrogen-bond acceptors (Lipinski definition) is 7. The molecule has 1 saturated heterocycles. The zero-order chi connectivity index (χ0) is 28.3. The van der Waals surface area contributed by atoms with Crippen LogP contribution in [0.15, 0.2) is 46.7 Å². The molecular formula is C31H48N5O3P. The second kappa shape index (κ2) is 12.8. The third-order valence-corrected chi connectivity index (χ3v) is 11.1. The average molecular weight is 570 g/mol. The van der Waals surface area contributed by atoms with Crippen LogP contribution in [0.5, 0.6) is 0 Å². The molecule has 4 N–H and O–H groups in total. The fourth-order valence-electron chi connectivity index (χ4n) is 8.35. The molecule has 7 aliphatic rings. The molecule has 3 aliphatic heterocycles. The fraction of sp³-hybridized carbons (Fsp3) is 0.677. The number of fused-ring (bicyclic) bond motifs is 1. The topological polar surface area (TPSA) is 96.9 Å². The molecule has 0 radical (unpaired) electrons. The summed E-state index contributed by atoms with van der Waals surface area (Å²) in [4.78, 5) is 25.4. The zero-order valence-corrected chi connectivity index (χ0v) is 25.4. The third kappa shape index (κ3) is 6.05. The van der Waals surface area contributed by atoms with Crippen LogP contribution in [0.3, 0.4) is 0 Å². The highest BCUT2D eigenvalue weighted by molar-refractivity contribution is 7.43. The quantitative estimate of drug-likeness (QED) is 0.193. The Bertz CT molecular complexity index is 1080. The van der Waals surface area contributed by atoms with Crippen LogP contribution in [0.4, 0.5) is 0 Å². The Morgan fingerprint density at radius 3 is 2.73 bits per heavy atom. The van der Waals surface area contributed by atoms with Gasteiger partial charge in [0.1, 0.15) is 0 Å². The van der Waals surface area contributed by atoms with Gasteiger partial charge in [-0.05, 0) is 93.9 Å². The number of carbonyl (C=O) groups is 2. The number of allylic oxidation sites excluding steroid dienone is 1. The Balaban J connectivity index is 0.000000210. The highest BCUT2D eigenvalue weighted by Gasteiger charge is 2.61. The Hall–Kier alpha value is -2.15. The summed E-state index contributed by atoms with van der Waals surface area (Å²) in [5, 5.41) is 20.4. The highest BCUT2D eigenvalue weighted by Crippen LogP contribution is 2.62. The molecular weight excluding hydrogens is 521 g/mol. The molecule has 0 aromatic carbocycles. The van der Waals surface area contributed by atoms with Gasteiger partial charge in [-0.3, -0.25) is 9.59 Å². The van der Waals surface area contributed by atoms with Crippen LogP contribution in [0.1, 0.15) is 58.3 Å². The van der Waals surface area contributed by atoms with Crippen LogP contribution in [0.2, 0.25) is 0 Å². The molecule has 0 aromatic rings. The van der Waals surface area contributed by atoms with E-state index in [1.807, 2.05) is 7.05 Å². The molecule has 3 heterocycles. The Labute approximate surface area is 241 Å². The molecule has 8 nitrogen and oxygen atoms in total. The molecule has 5 fully saturated rings. The van der Waals surface area contributed by atoms with E-state index in [0.717, 1.165) is 59.8 Å². The number of nitrogens with zero attached hydrogens (tertiary/aromatic N) is 2. The lowest BCUT2D eigenvalue weighted by molar-refractivity contribution is -0.131. The standard InChI is InChI=1S/C22H32N3OP.C9H16N2O2/c1-4-5-18(23-2)17-12-27-21-15(6-7-24-21)20(17)25(3)19-14-8-13-9-22(26,10-14)11-16(13)19;12-8-9(13)10-4-7-11-5-2-1-3-6-11/h5-7,12-14,16,19,21,23-24,26-27H,4,8-11H2,1-3H3;8H,1-7H2,(H,10,13)/b18-5+;/t13?,14?,16?,19-,21?,22+;/m1./s1. The number of piperidine rings is 1. The number of carbonyl (C=O) groups excluding carboxylic acids is 2. The maximum atomic E-state index is 10.8. The monoisotopic (exact) mass is 569 g/mol. The van der Waals surface area contributed by atoms with Gasteiger partial charge in [0.25, 0.3) is 5.91 Å². The van der Waals surface area contributed by atoms with Gasteiger partial charge in [-0.2, -0.15) is 0 Å². The van der Waals surface area contributed by atoms with Gasteiger partial charge in [0, 0.05) is 50.1 Å². The largest absolute Gasteiger partial charge is 0.390 e. The molecule has 4 bridgehead atoms. The predicted molar refractivity (Wildman–Crippen MR) is 162 cm³/mol. The summed E-state index contributed by atoms with van der Waals surface area (Å²) >= 11 is 0. The number of amides is 1. The second-order valence-corrected chi connectivity index (χ2v) is 13.6. The van der Waals surface area contributed by atoms with Crippen molar-refractivity contribution in [3.63, 3.8) is 0 Å². The van der Waals surface area contributed by atoms with Gasteiger partial charge in [0.2, 0.25) is 6.29 Å². The molecule has 7 atom stereocenters. The van der Waals surface area contributed by atoms with Crippen LogP contribution in [-0.4, -0.2) is 84.8 Å². The van der Waals surface area contributed by atoms with Gasteiger partial charge in [-0.15, -0.1) is 0 Å². The molecule has 4 saturated carbocycles. The molecule has 9 heteroatoms. The minimum atomic E-state index is -0.517. The normalized spacial score (nSPS) is 34.6. The van der Waals surface area contributed by atoms with Crippen molar-refractivity contribution in [1.82, 2.24) is 25.8 Å². The summed E-state index contributed by atoms with van der Waals surface area (Å²) in [7, 11) is 5.12. The summed E-state index contributed by atoms with van der Waals surface area (Å²) in [6.07, 6.45) is 16.2. The fourth-order valence-corrected chi connectivity index (χ4v) is 9.58. The molecule has 4 aliphatic carbocycles. The van der Waals surface area contributed by atoms with Crippen molar-refractivity contribution in [3.05, 3.63) is 46.7 Å². The molecule has 1 amide bonds. The summed E-state index contributed by atoms with van der Waals surface area (Å²) in [5.74, 6) is 4.38. The molecule has 0 spiro atoms. The first-order chi connectivity index (χ1) is 19.4. The lowest BCUT2D eigenvalue weighted by atomic mass is 9.75. The molecule has 5 unspecified atom stereocenters. The van der Waals surface area contributed by atoms with E-state index in [0.29, 0.717) is 36.5 Å². The third-order valence-electron chi connectivity index (χ3n) is 9.84. The minimum Gasteiger partial charge on any atom is -0.390 e. The summed E-state index contributed by atoms with van der Waals surface area (Å²) in [6.45, 7) is 5.89. The van der Waals surface area contributed by atoms with E-state index in [9.17, 15) is 14.7 Å². The van der Waals surface area contributed by atoms with E-state index in [1.165, 1.54) is 48.2 Å². The van der Waals surface area contributed by atoms with E-state index in [2.05, 4.69) is 63.9 Å². The van der Waals surface area contributed by atoms with Crippen LogP contribution >= 0.6 is 8.58 Å². The van der Waals surface area contributed by atoms with Crippen LogP contribution in [-0.2, 0) is 9.59 Å². The van der Waals surface area contributed by atoms with E-state index in [-0.39, 0.29) is 5.60 Å². The van der Waals surface area contributed by atoms with E-state index in [1.54, 1.807) is 0 Å². The predicted octanol–water partition coefficient (Wildman–Crippen LogP) is 3.04.